The summed E-state index contributed by atoms with van der Waals surface area (Å²) >= 11 is 6.32. The quantitative estimate of drug-likeness (QED) is 0.558. The zero-order valence-electron chi connectivity index (χ0n) is 17.2. The molecule has 0 spiro atoms. The van der Waals surface area contributed by atoms with E-state index >= 15 is 0 Å². The second-order valence-electron chi connectivity index (χ2n) is 7.81. The largest absolute Gasteiger partial charge is 0.496 e. The molecule has 2 aliphatic rings. The van der Waals surface area contributed by atoms with Gasteiger partial charge in [-0.2, -0.15) is 0 Å². The van der Waals surface area contributed by atoms with Gasteiger partial charge in [0.15, 0.2) is 5.96 Å². The summed E-state index contributed by atoms with van der Waals surface area (Å²) < 4.78 is 17.0. The van der Waals surface area contributed by atoms with E-state index in [4.69, 9.17) is 36.5 Å². The van der Waals surface area contributed by atoms with Crippen LogP contribution in [-0.2, 0) is 10.2 Å². The van der Waals surface area contributed by atoms with Gasteiger partial charge in [-0.3, -0.25) is 4.99 Å². The molecule has 1 unspecified atom stereocenters. The van der Waals surface area contributed by atoms with Crippen molar-refractivity contribution in [3.8, 4) is 11.5 Å². The van der Waals surface area contributed by atoms with Gasteiger partial charge in [0.1, 0.15) is 11.5 Å². The molecule has 0 bridgehead atoms. The number of fused-ring (bicyclic) bond motifs is 1. The minimum atomic E-state index is -0.228. The Labute approximate surface area is 182 Å². The second kappa shape index (κ2) is 9.14. The number of benzene rings is 2. The molecule has 2 aromatic rings. The fourth-order valence-corrected chi connectivity index (χ4v) is 4.49. The van der Waals surface area contributed by atoms with Crippen LogP contribution in [0, 0.1) is 0 Å². The van der Waals surface area contributed by atoms with Crippen LogP contribution in [0.25, 0.3) is 0 Å². The van der Waals surface area contributed by atoms with Crippen molar-refractivity contribution in [3.05, 3.63) is 58.6 Å². The van der Waals surface area contributed by atoms with E-state index in [1.165, 1.54) is 0 Å². The van der Waals surface area contributed by atoms with Gasteiger partial charge in [-0.05, 0) is 37.1 Å². The van der Waals surface area contributed by atoms with Crippen molar-refractivity contribution in [3.63, 3.8) is 0 Å². The number of guanidine groups is 1. The molecule has 0 aliphatic carbocycles. The van der Waals surface area contributed by atoms with E-state index < -0.39 is 0 Å². The summed E-state index contributed by atoms with van der Waals surface area (Å²) in [4.78, 5) is 4.76. The Balaban J connectivity index is 1.56. The first kappa shape index (κ1) is 20.8. The van der Waals surface area contributed by atoms with Gasteiger partial charge in [0.25, 0.3) is 0 Å². The molecule has 7 heteroatoms. The van der Waals surface area contributed by atoms with Crippen LogP contribution >= 0.6 is 11.6 Å². The third kappa shape index (κ3) is 4.35. The molecule has 2 aliphatic heterocycles. The van der Waals surface area contributed by atoms with Crippen molar-refractivity contribution >= 4 is 17.6 Å². The SMILES string of the molecule is COc1ccc(Cl)cc1C1(CN=C(N)NC2CCOc3ccccc32)CCOCC1. The molecule has 0 aromatic heterocycles. The summed E-state index contributed by atoms with van der Waals surface area (Å²) in [5.74, 6) is 2.16. The third-order valence-electron chi connectivity index (χ3n) is 6.02. The highest BCUT2D eigenvalue weighted by molar-refractivity contribution is 6.30. The van der Waals surface area contributed by atoms with E-state index in [9.17, 15) is 0 Å². The number of halogens is 1. The Morgan fingerprint density at radius 1 is 1.23 bits per heavy atom. The molecule has 3 N–H and O–H groups in total. The van der Waals surface area contributed by atoms with Gasteiger partial charge in [0.2, 0.25) is 0 Å². The summed E-state index contributed by atoms with van der Waals surface area (Å²) in [5.41, 5.74) is 8.27. The number of hydrogen-bond donors (Lipinski definition) is 2. The highest BCUT2D eigenvalue weighted by Gasteiger charge is 2.37. The molecule has 1 fully saturated rings. The summed E-state index contributed by atoms with van der Waals surface area (Å²) in [6.07, 6.45) is 2.51. The molecule has 0 saturated carbocycles. The van der Waals surface area contributed by atoms with Crippen molar-refractivity contribution < 1.29 is 14.2 Å². The Hall–Kier alpha value is -2.44. The number of ether oxygens (including phenoxy) is 3. The number of hydrogen-bond acceptors (Lipinski definition) is 4. The number of methoxy groups -OCH3 is 1. The molecular weight excluding hydrogens is 402 g/mol. The molecule has 6 nitrogen and oxygen atoms in total. The van der Waals surface area contributed by atoms with Gasteiger partial charge in [0, 0.05) is 41.2 Å². The molecule has 160 valence electrons. The lowest BCUT2D eigenvalue weighted by Gasteiger charge is -2.37. The van der Waals surface area contributed by atoms with Crippen LogP contribution in [0.1, 0.15) is 36.4 Å². The van der Waals surface area contributed by atoms with Crippen LogP contribution in [0.2, 0.25) is 5.02 Å². The van der Waals surface area contributed by atoms with E-state index in [-0.39, 0.29) is 11.5 Å². The van der Waals surface area contributed by atoms with Crippen LogP contribution in [0.4, 0.5) is 0 Å². The zero-order chi connectivity index (χ0) is 21.0. The maximum absolute atomic E-state index is 6.33. The van der Waals surface area contributed by atoms with E-state index in [1.807, 2.05) is 36.4 Å². The van der Waals surface area contributed by atoms with Crippen LogP contribution in [-0.4, -0.2) is 39.4 Å². The Morgan fingerprint density at radius 3 is 2.83 bits per heavy atom. The molecule has 2 aromatic carbocycles. The van der Waals surface area contributed by atoms with Gasteiger partial charge in [-0.15, -0.1) is 0 Å². The summed E-state index contributed by atoms with van der Waals surface area (Å²) in [5, 5.41) is 4.07. The Morgan fingerprint density at radius 2 is 2.03 bits per heavy atom. The Bertz CT molecular complexity index is 912. The lowest BCUT2D eigenvalue weighted by molar-refractivity contribution is 0.0523. The van der Waals surface area contributed by atoms with Crippen LogP contribution in [0.3, 0.4) is 0 Å². The van der Waals surface area contributed by atoms with Gasteiger partial charge in [0.05, 0.1) is 26.3 Å². The minimum Gasteiger partial charge on any atom is -0.496 e. The first-order valence-corrected chi connectivity index (χ1v) is 10.7. The molecule has 4 rings (SSSR count). The van der Waals surface area contributed by atoms with Crippen molar-refractivity contribution in [2.24, 2.45) is 10.7 Å². The minimum absolute atomic E-state index is 0.0880. The monoisotopic (exact) mass is 429 g/mol. The molecule has 0 amide bonds. The number of nitrogens with two attached hydrogens (primary N) is 1. The fourth-order valence-electron chi connectivity index (χ4n) is 4.32. The first-order chi connectivity index (χ1) is 14.6. The first-order valence-electron chi connectivity index (χ1n) is 10.3. The lowest BCUT2D eigenvalue weighted by atomic mass is 9.73. The summed E-state index contributed by atoms with van der Waals surface area (Å²) in [6, 6.07) is 13.9. The second-order valence-corrected chi connectivity index (χ2v) is 8.25. The third-order valence-corrected chi connectivity index (χ3v) is 6.25. The van der Waals surface area contributed by atoms with Crippen LogP contribution in [0.5, 0.6) is 11.5 Å². The zero-order valence-corrected chi connectivity index (χ0v) is 18.0. The average Bonchev–Trinajstić information content (AvgIpc) is 2.78. The van der Waals surface area contributed by atoms with Gasteiger partial charge in [-0.25, -0.2) is 0 Å². The summed E-state index contributed by atoms with van der Waals surface area (Å²) in [6.45, 7) is 2.54. The maximum Gasteiger partial charge on any atom is 0.189 e. The van der Waals surface area contributed by atoms with Crippen molar-refractivity contribution in [2.75, 3.05) is 33.5 Å². The fraction of sp³-hybridized carbons (Fsp3) is 0.435. The highest BCUT2D eigenvalue weighted by atomic mass is 35.5. The van der Waals surface area contributed by atoms with Crippen molar-refractivity contribution in [1.29, 1.82) is 0 Å². The smallest absolute Gasteiger partial charge is 0.189 e. The van der Waals surface area contributed by atoms with E-state index in [2.05, 4.69) is 11.4 Å². The molecule has 30 heavy (non-hydrogen) atoms. The molecule has 2 heterocycles. The highest BCUT2D eigenvalue weighted by Crippen LogP contribution is 2.41. The van der Waals surface area contributed by atoms with E-state index in [1.54, 1.807) is 7.11 Å². The number of nitrogens with one attached hydrogen (secondary N) is 1. The molecule has 0 radical (unpaired) electrons. The Kier molecular flexibility index (Phi) is 6.35. The number of rotatable bonds is 5. The average molecular weight is 430 g/mol. The standard InChI is InChI=1S/C23H28ClN3O3/c1-28-21-7-6-16(24)14-18(21)23(9-12-29-13-10-23)15-26-22(25)27-19-8-11-30-20-5-3-2-4-17(19)20/h2-7,14,19H,8-13,15H2,1H3,(H3,25,26,27). The van der Waals surface area contributed by atoms with Crippen LogP contribution in [0.15, 0.2) is 47.5 Å². The molecule has 1 atom stereocenters. The van der Waals surface area contributed by atoms with Crippen LogP contribution < -0.4 is 20.5 Å². The lowest BCUT2D eigenvalue weighted by Crippen LogP contribution is -2.41. The topological polar surface area (TPSA) is 78.1 Å². The van der Waals surface area contributed by atoms with E-state index in [0.29, 0.717) is 37.3 Å². The maximum atomic E-state index is 6.33. The number of para-hydroxylation sites is 1. The van der Waals surface area contributed by atoms with E-state index in [0.717, 1.165) is 41.9 Å². The normalized spacial score (nSPS) is 20.7. The van der Waals surface area contributed by atoms with Gasteiger partial charge in [-0.1, -0.05) is 29.8 Å². The van der Waals surface area contributed by atoms with Crippen molar-refractivity contribution in [2.45, 2.75) is 30.7 Å². The predicted octanol–water partition coefficient (Wildman–Crippen LogP) is 3.82. The van der Waals surface area contributed by atoms with Gasteiger partial charge < -0.3 is 25.3 Å². The molecule has 1 saturated heterocycles. The molecular formula is C23H28ClN3O3. The number of nitrogens with zero attached hydrogens (tertiary/aromatic N) is 1. The number of aliphatic imine (C=N–C) groups is 1. The van der Waals surface area contributed by atoms with Gasteiger partial charge >= 0.3 is 0 Å². The summed E-state index contributed by atoms with van der Waals surface area (Å²) in [7, 11) is 1.68. The predicted molar refractivity (Wildman–Crippen MR) is 119 cm³/mol. The van der Waals surface area contributed by atoms with Crippen molar-refractivity contribution in [1.82, 2.24) is 5.32 Å².